The van der Waals surface area contributed by atoms with E-state index in [-0.39, 0.29) is 5.91 Å². The van der Waals surface area contributed by atoms with E-state index in [1.54, 1.807) is 11.3 Å². The summed E-state index contributed by atoms with van der Waals surface area (Å²) in [6.45, 7) is 3.47. The normalized spacial score (nSPS) is 17.4. The summed E-state index contributed by atoms with van der Waals surface area (Å²) in [4.78, 5) is 22.7. The van der Waals surface area contributed by atoms with Crippen molar-refractivity contribution in [2.75, 3.05) is 24.5 Å². The fourth-order valence-corrected chi connectivity index (χ4v) is 5.01. The summed E-state index contributed by atoms with van der Waals surface area (Å²) in [6, 6.07) is 10.3. The Labute approximate surface area is 153 Å². The molecular weight excluding hydrogens is 330 g/mol. The summed E-state index contributed by atoms with van der Waals surface area (Å²) >= 11 is 1.73. The predicted octanol–water partition coefficient (Wildman–Crippen LogP) is 2.23. The highest BCUT2D eigenvalue weighted by atomic mass is 32.1. The minimum Gasteiger partial charge on any atom is -0.327 e. The van der Waals surface area contributed by atoms with Crippen LogP contribution in [0.5, 0.6) is 0 Å². The molecule has 1 aromatic heterocycles. The fourth-order valence-electron chi connectivity index (χ4n) is 3.84. The van der Waals surface area contributed by atoms with E-state index in [1.165, 1.54) is 46.7 Å². The van der Waals surface area contributed by atoms with E-state index in [0.717, 1.165) is 31.1 Å². The van der Waals surface area contributed by atoms with Crippen LogP contribution in [0.2, 0.25) is 0 Å². The molecule has 1 amide bonds. The Morgan fingerprint density at radius 1 is 1.08 bits per heavy atom. The molecule has 0 spiro atoms. The molecule has 0 radical (unpaired) electrons. The molecular formula is C20H26N3OS+. The molecule has 1 N–H and O–H groups in total. The number of nitrogens with zero attached hydrogens (tertiary/aromatic N) is 2. The smallest absolute Gasteiger partial charge is 0.284 e. The summed E-state index contributed by atoms with van der Waals surface area (Å²) in [5.74, 6) is 0.215. The van der Waals surface area contributed by atoms with Gasteiger partial charge < -0.3 is 4.90 Å². The Morgan fingerprint density at radius 2 is 1.84 bits per heavy atom. The topological polar surface area (TPSA) is 37.6 Å². The van der Waals surface area contributed by atoms with Crippen molar-refractivity contribution >= 4 is 22.4 Å². The zero-order valence-corrected chi connectivity index (χ0v) is 15.5. The number of anilines is 1. The summed E-state index contributed by atoms with van der Waals surface area (Å²) in [5.41, 5.74) is 2.39. The molecule has 4 nitrogen and oxygen atoms in total. The molecule has 0 atom stereocenters. The van der Waals surface area contributed by atoms with Crippen molar-refractivity contribution in [1.82, 2.24) is 4.98 Å². The van der Waals surface area contributed by atoms with Gasteiger partial charge in [0.05, 0.1) is 25.3 Å². The van der Waals surface area contributed by atoms with Gasteiger partial charge in [0.1, 0.15) is 0 Å². The number of hydrogen-bond acceptors (Lipinski definition) is 3. The van der Waals surface area contributed by atoms with Crippen molar-refractivity contribution < 1.29 is 9.69 Å². The lowest BCUT2D eigenvalue weighted by Gasteiger charge is -2.21. The lowest BCUT2D eigenvalue weighted by atomic mass is 10.0. The first kappa shape index (κ1) is 16.7. The SMILES string of the molecule is O=C(C[NH+]1CCCC1)N(Cc1ccccc1)c1nc2c(s1)CCCC2. The number of carbonyl (C=O) groups excluding carboxylic acids is 1. The van der Waals surface area contributed by atoms with Gasteiger partial charge in [0.25, 0.3) is 5.91 Å². The van der Waals surface area contributed by atoms with E-state index in [0.29, 0.717) is 13.1 Å². The number of amides is 1. The first-order chi connectivity index (χ1) is 12.3. The van der Waals surface area contributed by atoms with E-state index in [2.05, 4.69) is 12.1 Å². The maximum Gasteiger partial charge on any atom is 0.284 e. The average molecular weight is 357 g/mol. The van der Waals surface area contributed by atoms with Crippen LogP contribution in [0.15, 0.2) is 30.3 Å². The van der Waals surface area contributed by atoms with Gasteiger partial charge in [-0.25, -0.2) is 4.98 Å². The molecule has 1 aromatic carbocycles. The Bertz CT molecular complexity index is 698. The second-order valence-electron chi connectivity index (χ2n) is 7.17. The third kappa shape index (κ3) is 3.93. The standard InChI is InChI=1S/C20H25N3OS/c24-19(15-22-12-6-7-13-22)23(14-16-8-2-1-3-9-16)20-21-17-10-4-5-11-18(17)25-20/h1-3,8-9H,4-7,10-15H2/p+1. The lowest BCUT2D eigenvalue weighted by Crippen LogP contribution is -3.11. The molecule has 1 saturated heterocycles. The number of fused-ring (bicyclic) bond motifs is 1. The quantitative estimate of drug-likeness (QED) is 0.892. The molecule has 1 aliphatic heterocycles. The number of aryl methyl sites for hydroxylation is 2. The van der Waals surface area contributed by atoms with Gasteiger partial charge in [-0.05, 0) is 31.2 Å². The van der Waals surface area contributed by atoms with Crippen LogP contribution in [0.4, 0.5) is 5.13 Å². The Kier molecular flexibility index (Phi) is 5.13. The number of aromatic nitrogens is 1. The zero-order chi connectivity index (χ0) is 17.1. The highest BCUT2D eigenvalue weighted by Gasteiger charge is 2.27. The van der Waals surface area contributed by atoms with Gasteiger partial charge in [-0.15, -0.1) is 11.3 Å². The number of hydrogen-bond donors (Lipinski definition) is 1. The second kappa shape index (κ2) is 7.67. The zero-order valence-electron chi connectivity index (χ0n) is 14.7. The molecule has 1 aliphatic carbocycles. The van der Waals surface area contributed by atoms with Crippen molar-refractivity contribution in [3.63, 3.8) is 0 Å². The molecule has 25 heavy (non-hydrogen) atoms. The van der Waals surface area contributed by atoms with Crippen molar-refractivity contribution in [1.29, 1.82) is 0 Å². The van der Waals surface area contributed by atoms with Crippen molar-refractivity contribution in [3.05, 3.63) is 46.5 Å². The van der Waals surface area contributed by atoms with Crippen LogP contribution in [0.3, 0.4) is 0 Å². The molecule has 4 rings (SSSR count). The van der Waals surface area contributed by atoms with Crippen molar-refractivity contribution in [2.45, 2.75) is 45.1 Å². The number of benzene rings is 1. The fraction of sp³-hybridized carbons (Fsp3) is 0.500. The van der Waals surface area contributed by atoms with Gasteiger partial charge >= 0.3 is 0 Å². The van der Waals surface area contributed by atoms with E-state index >= 15 is 0 Å². The lowest BCUT2D eigenvalue weighted by molar-refractivity contribution is -0.878. The number of carbonyl (C=O) groups is 1. The first-order valence-electron chi connectivity index (χ1n) is 9.46. The number of nitrogens with one attached hydrogen (secondary N) is 1. The minimum atomic E-state index is 0.215. The van der Waals surface area contributed by atoms with Crippen LogP contribution in [-0.2, 0) is 24.2 Å². The van der Waals surface area contributed by atoms with E-state index in [4.69, 9.17) is 4.98 Å². The maximum atomic E-state index is 13.1. The summed E-state index contributed by atoms with van der Waals surface area (Å²) in [7, 11) is 0. The van der Waals surface area contributed by atoms with Gasteiger partial charge in [0.2, 0.25) is 0 Å². The first-order valence-corrected chi connectivity index (χ1v) is 10.3. The third-order valence-electron chi connectivity index (χ3n) is 5.26. The minimum absolute atomic E-state index is 0.215. The molecule has 0 unspecified atom stereocenters. The molecule has 2 aromatic rings. The largest absolute Gasteiger partial charge is 0.327 e. The van der Waals surface area contributed by atoms with Crippen molar-refractivity contribution in [2.24, 2.45) is 0 Å². The highest BCUT2D eigenvalue weighted by Crippen LogP contribution is 2.32. The molecule has 0 saturated carbocycles. The molecule has 5 heteroatoms. The van der Waals surface area contributed by atoms with Gasteiger partial charge in [-0.3, -0.25) is 9.69 Å². The van der Waals surface area contributed by atoms with Crippen LogP contribution < -0.4 is 9.80 Å². The van der Waals surface area contributed by atoms with Gasteiger partial charge in [-0.1, -0.05) is 30.3 Å². The predicted molar refractivity (Wildman–Crippen MR) is 101 cm³/mol. The molecule has 1 fully saturated rings. The maximum absolute atomic E-state index is 13.1. The van der Waals surface area contributed by atoms with Crippen molar-refractivity contribution in [3.8, 4) is 0 Å². The van der Waals surface area contributed by atoms with E-state index < -0.39 is 0 Å². The second-order valence-corrected chi connectivity index (χ2v) is 8.23. The van der Waals surface area contributed by atoms with Crippen LogP contribution in [-0.4, -0.2) is 30.5 Å². The number of quaternary nitrogens is 1. The Hall–Kier alpha value is -1.72. The molecule has 2 heterocycles. The molecule has 132 valence electrons. The number of rotatable bonds is 5. The van der Waals surface area contributed by atoms with Gasteiger partial charge in [0.15, 0.2) is 11.7 Å². The van der Waals surface area contributed by atoms with Crippen LogP contribution >= 0.6 is 11.3 Å². The highest BCUT2D eigenvalue weighted by molar-refractivity contribution is 7.15. The Morgan fingerprint density at radius 3 is 2.60 bits per heavy atom. The Balaban J connectivity index is 1.58. The monoisotopic (exact) mass is 356 g/mol. The van der Waals surface area contributed by atoms with Crippen LogP contribution in [0.25, 0.3) is 0 Å². The molecule has 0 bridgehead atoms. The van der Waals surface area contributed by atoms with Crippen LogP contribution in [0, 0.1) is 0 Å². The number of likely N-dealkylation sites (tertiary alicyclic amines) is 1. The van der Waals surface area contributed by atoms with E-state index in [1.807, 2.05) is 23.1 Å². The third-order valence-corrected chi connectivity index (χ3v) is 6.44. The van der Waals surface area contributed by atoms with E-state index in [9.17, 15) is 4.79 Å². The number of thiazole rings is 1. The van der Waals surface area contributed by atoms with Gasteiger partial charge in [0, 0.05) is 17.7 Å². The van der Waals surface area contributed by atoms with Crippen LogP contribution in [0.1, 0.15) is 41.8 Å². The summed E-state index contributed by atoms with van der Waals surface area (Å²) < 4.78 is 0. The summed E-state index contributed by atoms with van der Waals surface area (Å²) in [5, 5.41) is 0.902. The summed E-state index contributed by atoms with van der Waals surface area (Å²) in [6.07, 6.45) is 7.15. The molecule has 2 aliphatic rings. The average Bonchev–Trinajstić information content (AvgIpc) is 3.29. The van der Waals surface area contributed by atoms with Gasteiger partial charge in [-0.2, -0.15) is 0 Å².